The number of benzene rings is 1. The van der Waals surface area contributed by atoms with Gasteiger partial charge in [0.25, 0.3) is 12.3 Å². The topological polar surface area (TPSA) is 115 Å². The number of alkyl halides is 2. The molecule has 0 unspecified atom stereocenters. The van der Waals surface area contributed by atoms with Crippen LogP contribution < -0.4 is 11.1 Å². The number of carbonyl (C=O) groups excluding carboxylic acids is 1. The Hall–Kier alpha value is -3.74. The standard InChI is InChI=1S/C16H13F2N7O/c1-24-13(14(17)18)6-11(23-24)16(26)22-10-4-2-3-5-12(10)25-15(20)9(7-19)8-21-25/h2-6,8,14H,20H2,1H3,(H,22,26). The van der Waals surface area contributed by atoms with Crippen molar-refractivity contribution in [2.75, 3.05) is 11.1 Å². The number of hydrogen-bond donors (Lipinski definition) is 2. The summed E-state index contributed by atoms with van der Waals surface area (Å²) < 4.78 is 28.0. The van der Waals surface area contributed by atoms with Crippen molar-refractivity contribution in [2.45, 2.75) is 6.43 Å². The highest BCUT2D eigenvalue weighted by atomic mass is 19.3. The molecule has 0 saturated heterocycles. The van der Waals surface area contributed by atoms with Crippen LogP contribution in [0, 0.1) is 11.3 Å². The van der Waals surface area contributed by atoms with E-state index in [9.17, 15) is 13.6 Å². The molecule has 1 amide bonds. The molecular weight excluding hydrogens is 344 g/mol. The number of nitrogens with two attached hydrogens (primary N) is 1. The predicted octanol–water partition coefficient (Wildman–Crippen LogP) is 2.25. The number of aromatic nitrogens is 4. The van der Waals surface area contributed by atoms with Crippen LogP contribution in [-0.2, 0) is 7.05 Å². The molecule has 0 fully saturated rings. The van der Waals surface area contributed by atoms with Gasteiger partial charge in [-0.25, -0.2) is 13.5 Å². The van der Waals surface area contributed by atoms with Gasteiger partial charge in [-0.15, -0.1) is 0 Å². The molecule has 2 aromatic heterocycles. The van der Waals surface area contributed by atoms with Crippen LogP contribution in [0.15, 0.2) is 36.5 Å². The van der Waals surface area contributed by atoms with E-state index >= 15 is 0 Å². The molecule has 2 heterocycles. The maximum atomic E-state index is 12.9. The van der Waals surface area contributed by atoms with Crippen LogP contribution in [0.2, 0.25) is 0 Å². The first kappa shape index (κ1) is 17.1. The second-order valence-corrected chi connectivity index (χ2v) is 5.32. The van der Waals surface area contributed by atoms with E-state index in [0.29, 0.717) is 11.4 Å². The summed E-state index contributed by atoms with van der Waals surface area (Å²) in [4.78, 5) is 12.4. The molecule has 0 aliphatic rings. The van der Waals surface area contributed by atoms with E-state index in [4.69, 9.17) is 11.0 Å². The van der Waals surface area contributed by atoms with Crippen LogP contribution in [0.25, 0.3) is 5.69 Å². The zero-order valence-electron chi connectivity index (χ0n) is 13.5. The van der Waals surface area contributed by atoms with Crippen LogP contribution in [0.4, 0.5) is 20.3 Å². The summed E-state index contributed by atoms with van der Waals surface area (Å²) in [7, 11) is 1.33. The van der Waals surface area contributed by atoms with Gasteiger partial charge in [0.05, 0.1) is 17.6 Å². The summed E-state index contributed by atoms with van der Waals surface area (Å²) in [5, 5.41) is 19.4. The molecule has 3 aromatic rings. The van der Waals surface area contributed by atoms with Gasteiger partial charge in [0.2, 0.25) is 0 Å². The SMILES string of the molecule is Cn1nc(C(=O)Nc2ccccc2-n2ncc(C#N)c2N)cc1C(F)F. The number of halogens is 2. The monoisotopic (exact) mass is 357 g/mol. The number of anilines is 2. The fraction of sp³-hybridized carbons (Fsp3) is 0.125. The Morgan fingerprint density at radius 2 is 2.12 bits per heavy atom. The minimum Gasteiger partial charge on any atom is -0.382 e. The van der Waals surface area contributed by atoms with E-state index in [1.807, 2.05) is 6.07 Å². The van der Waals surface area contributed by atoms with E-state index < -0.39 is 12.3 Å². The van der Waals surface area contributed by atoms with Gasteiger partial charge in [-0.3, -0.25) is 9.48 Å². The minimum absolute atomic E-state index is 0.118. The smallest absolute Gasteiger partial charge is 0.280 e. The second kappa shape index (κ2) is 6.64. The highest BCUT2D eigenvalue weighted by molar-refractivity contribution is 6.04. The summed E-state index contributed by atoms with van der Waals surface area (Å²) in [6, 6.07) is 9.55. The van der Waals surface area contributed by atoms with E-state index in [0.717, 1.165) is 10.7 Å². The molecule has 3 rings (SSSR count). The van der Waals surface area contributed by atoms with Crippen LogP contribution >= 0.6 is 0 Å². The number of amides is 1. The summed E-state index contributed by atoms with van der Waals surface area (Å²) >= 11 is 0. The number of carbonyl (C=O) groups is 1. The molecule has 0 atom stereocenters. The molecule has 132 valence electrons. The molecule has 0 aliphatic carbocycles. The van der Waals surface area contributed by atoms with Crippen molar-refractivity contribution in [1.29, 1.82) is 5.26 Å². The number of nitrogens with zero attached hydrogens (tertiary/aromatic N) is 5. The Labute approximate surface area is 146 Å². The largest absolute Gasteiger partial charge is 0.382 e. The third-order valence-corrected chi connectivity index (χ3v) is 3.68. The first-order valence-electron chi connectivity index (χ1n) is 7.38. The maximum Gasteiger partial charge on any atom is 0.280 e. The van der Waals surface area contributed by atoms with Crippen molar-refractivity contribution < 1.29 is 13.6 Å². The first-order chi connectivity index (χ1) is 12.4. The van der Waals surface area contributed by atoms with Gasteiger partial charge < -0.3 is 11.1 Å². The molecule has 0 radical (unpaired) electrons. The lowest BCUT2D eigenvalue weighted by atomic mass is 10.2. The van der Waals surface area contributed by atoms with Gasteiger partial charge in [-0.1, -0.05) is 12.1 Å². The van der Waals surface area contributed by atoms with Gasteiger partial charge >= 0.3 is 0 Å². The van der Waals surface area contributed by atoms with Crippen LogP contribution in [0.1, 0.15) is 28.2 Å². The fourth-order valence-electron chi connectivity index (χ4n) is 2.38. The fourth-order valence-corrected chi connectivity index (χ4v) is 2.38. The van der Waals surface area contributed by atoms with E-state index in [-0.39, 0.29) is 22.8 Å². The molecular formula is C16H13F2N7O. The third-order valence-electron chi connectivity index (χ3n) is 3.68. The van der Waals surface area contributed by atoms with Gasteiger partial charge in [-0.05, 0) is 18.2 Å². The quantitative estimate of drug-likeness (QED) is 0.743. The number of aryl methyl sites for hydroxylation is 1. The number of nitrogens with one attached hydrogen (secondary N) is 1. The highest BCUT2D eigenvalue weighted by Crippen LogP contribution is 2.25. The molecule has 10 heteroatoms. The molecule has 3 N–H and O–H groups in total. The van der Waals surface area contributed by atoms with Crippen molar-refractivity contribution in [3.05, 3.63) is 53.5 Å². The van der Waals surface area contributed by atoms with Crippen LogP contribution in [0.3, 0.4) is 0 Å². The summed E-state index contributed by atoms with van der Waals surface area (Å²) in [6.45, 7) is 0. The number of hydrogen-bond acceptors (Lipinski definition) is 5. The number of rotatable bonds is 4. The zero-order valence-corrected chi connectivity index (χ0v) is 13.5. The summed E-state index contributed by atoms with van der Waals surface area (Å²) in [5.41, 5.74) is 6.32. The second-order valence-electron chi connectivity index (χ2n) is 5.32. The van der Waals surface area contributed by atoms with Crippen LogP contribution in [0.5, 0.6) is 0 Å². The molecule has 0 bridgehead atoms. The number of nitrogen functional groups attached to an aromatic ring is 1. The molecule has 26 heavy (non-hydrogen) atoms. The van der Waals surface area contributed by atoms with Crippen molar-refractivity contribution in [1.82, 2.24) is 19.6 Å². The predicted molar refractivity (Wildman–Crippen MR) is 88.8 cm³/mol. The molecule has 0 aliphatic heterocycles. The lowest BCUT2D eigenvalue weighted by molar-refractivity contribution is 0.102. The van der Waals surface area contributed by atoms with Crippen molar-refractivity contribution in [3.8, 4) is 11.8 Å². The normalized spacial score (nSPS) is 10.7. The van der Waals surface area contributed by atoms with E-state index in [1.54, 1.807) is 24.3 Å². The van der Waals surface area contributed by atoms with Gasteiger partial charge in [0, 0.05) is 7.05 Å². The minimum atomic E-state index is -2.74. The van der Waals surface area contributed by atoms with Crippen LogP contribution in [-0.4, -0.2) is 25.5 Å². The molecule has 8 nitrogen and oxygen atoms in total. The first-order valence-corrected chi connectivity index (χ1v) is 7.38. The lowest BCUT2D eigenvalue weighted by Crippen LogP contribution is -2.15. The van der Waals surface area contributed by atoms with E-state index in [1.165, 1.54) is 17.9 Å². The third kappa shape index (κ3) is 2.98. The Morgan fingerprint density at radius 3 is 2.73 bits per heavy atom. The Kier molecular flexibility index (Phi) is 4.36. The molecule has 1 aromatic carbocycles. The maximum absolute atomic E-state index is 12.9. The van der Waals surface area contributed by atoms with Gasteiger partial charge in [0.15, 0.2) is 5.69 Å². The van der Waals surface area contributed by atoms with Gasteiger partial charge in [0.1, 0.15) is 23.1 Å². The molecule has 0 spiro atoms. The summed E-state index contributed by atoms with van der Waals surface area (Å²) in [5.74, 6) is -0.543. The highest BCUT2D eigenvalue weighted by Gasteiger charge is 2.20. The summed E-state index contributed by atoms with van der Waals surface area (Å²) in [6.07, 6.45) is -1.43. The van der Waals surface area contributed by atoms with Crippen molar-refractivity contribution >= 4 is 17.4 Å². The Morgan fingerprint density at radius 1 is 1.38 bits per heavy atom. The van der Waals surface area contributed by atoms with Crippen molar-refractivity contribution in [2.24, 2.45) is 7.05 Å². The van der Waals surface area contributed by atoms with Gasteiger partial charge in [-0.2, -0.15) is 15.5 Å². The Balaban J connectivity index is 1.94. The lowest BCUT2D eigenvalue weighted by Gasteiger charge is -2.11. The number of para-hydroxylation sites is 2. The average Bonchev–Trinajstić information content (AvgIpc) is 3.18. The molecule has 0 saturated carbocycles. The number of nitriles is 1. The van der Waals surface area contributed by atoms with Crippen molar-refractivity contribution in [3.63, 3.8) is 0 Å². The zero-order chi connectivity index (χ0) is 18.8. The average molecular weight is 357 g/mol. The Bertz CT molecular complexity index is 1020. The van der Waals surface area contributed by atoms with E-state index in [2.05, 4.69) is 15.5 Å².